The number of aldehydes is 1. The summed E-state index contributed by atoms with van der Waals surface area (Å²) in [6.45, 7) is 14.5. The molecule has 0 atom stereocenters. The van der Waals surface area contributed by atoms with E-state index in [1.807, 2.05) is 95.6 Å². The van der Waals surface area contributed by atoms with Gasteiger partial charge in [-0.15, -0.1) is 0 Å². The number of nitrogens with zero attached hydrogens (tertiary/aromatic N) is 3. The van der Waals surface area contributed by atoms with Gasteiger partial charge in [0.2, 0.25) is 0 Å². The van der Waals surface area contributed by atoms with Crippen molar-refractivity contribution in [2.24, 2.45) is 0 Å². The lowest BCUT2D eigenvalue weighted by Gasteiger charge is -2.30. The summed E-state index contributed by atoms with van der Waals surface area (Å²) in [6, 6.07) is 14.1. The Morgan fingerprint density at radius 1 is 1.10 bits per heavy atom. The molecule has 1 aliphatic rings. The van der Waals surface area contributed by atoms with Crippen molar-refractivity contribution >= 4 is 23.1 Å². The number of hydrogen-bond acceptors (Lipinski definition) is 5. The van der Waals surface area contributed by atoms with Crippen LogP contribution in [0.4, 0.5) is 10.1 Å². The van der Waals surface area contributed by atoms with Crippen LogP contribution >= 0.6 is 0 Å². The molecule has 1 aliphatic carbocycles. The molecule has 4 rings (SSSR count). The van der Waals surface area contributed by atoms with Gasteiger partial charge in [0.15, 0.2) is 6.29 Å². The number of fused-ring (bicyclic) bond motifs is 1. The van der Waals surface area contributed by atoms with Crippen molar-refractivity contribution in [3.8, 4) is 0 Å². The molecule has 42 heavy (non-hydrogen) atoms. The summed E-state index contributed by atoms with van der Waals surface area (Å²) in [7, 11) is 5.71. The Balaban J connectivity index is 0.00000116. The number of pyridine rings is 1. The molecule has 2 heterocycles. The SMILES string of the molecule is C=C(NC(C)(C)c1ccccc1)/C(C)=C/N(C)c1ccn2nc(/C3=C/CCC=C(F)C=C3)c(C=O)c2c1.CC.CNC. The number of halogens is 1. The van der Waals surface area contributed by atoms with Crippen molar-refractivity contribution in [3.63, 3.8) is 0 Å². The number of hydrogen-bond donors (Lipinski definition) is 2. The first kappa shape index (κ1) is 34.0. The summed E-state index contributed by atoms with van der Waals surface area (Å²) in [5.74, 6) is -0.281. The maximum Gasteiger partial charge on any atom is 0.154 e. The summed E-state index contributed by atoms with van der Waals surface area (Å²) < 4.78 is 15.5. The van der Waals surface area contributed by atoms with Crippen molar-refractivity contribution < 1.29 is 9.18 Å². The number of nitrogens with one attached hydrogen (secondary N) is 2. The summed E-state index contributed by atoms with van der Waals surface area (Å²) in [4.78, 5) is 14.1. The molecule has 0 radical (unpaired) electrons. The van der Waals surface area contributed by atoms with Gasteiger partial charge in [-0.2, -0.15) is 5.10 Å². The van der Waals surface area contributed by atoms with E-state index >= 15 is 0 Å². The Morgan fingerprint density at radius 2 is 1.74 bits per heavy atom. The van der Waals surface area contributed by atoms with Crippen molar-refractivity contribution in [2.45, 2.75) is 53.0 Å². The van der Waals surface area contributed by atoms with E-state index in [2.05, 4.69) is 48.3 Å². The number of aromatic nitrogens is 2. The van der Waals surface area contributed by atoms with Gasteiger partial charge in [0.1, 0.15) is 11.5 Å². The molecule has 0 bridgehead atoms. The Kier molecular flexibility index (Phi) is 13.2. The second-order valence-electron chi connectivity index (χ2n) is 10.3. The molecule has 224 valence electrons. The van der Waals surface area contributed by atoms with E-state index in [1.165, 1.54) is 11.6 Å². The van der Waals surface area contributed by atoms with E-state index in [0.29, 0.717) is 29.6 Å². The Morgan fingerprint density at radius 3 is 2.38 bits per heavy atom. The van der Waals surface area contributed by atoms with Crippen LogP contribution in [-0.2, 0) is 5.54 Å². The molecule has 0 saturated carbocycles. The normalized spacial score (nSPS) is 14.5. The number of allylic oxidation sites excluding steroid dienone is 7. The number of anilines is 1. The van der Waals surface area contributed by atoms with Crippen molar-refractivity contribution in [1.82, 2.24) is 20.2 Å². The van der Waals surface area contributed by atoms with E-state index in [4.69, 9.17) is 0 Å². The topological polar surface area (TPSA) is 61.7 Å². The minimum Gasteiger partial charge on any atom is -0.376 e. The van der Waals surface area contributed by atoms with Crippen LogP contribution in [0.1, 0.15) is 69.1 Å². The van der Waals surface area contributed by atoms with Crippen LogP contribution in [0, 0.1) is 0 Å². The molecule has 0 aliphatic heterocycles. The zero-order valence-corrected chi connectivity index (χ0v) is 26.3. The fourth-order valence-electron chi connectivity index (χ4n) is 4.39. The first-order valence-electron chi connectivity index (χ1n) is 14.4. The van der Waals surface area contributed by atoms with E-state index < -0.39 is 0 Å². The highest BCUT2D eigenvalue weighted by Gasteiger charge is 2.21. The average molecular weight is 572 g/mol. The van der Waals surface area contributed by atoms with Crippen molar-refractivity contribution in [1.29, 1.82) is 0 Å². The predicted octanol–water partition coefficient (Wildman–Crippen LogP) is 7.97. The number of rotatable bonds is 8. The molecule has 6 nitrogen and oxygen atoms in total. The van der Waals surface area contributed by atoms with Gasteiger partial charge in [-0.3, -0.25) is 4.79 Å². The van der Waals surface area contributed by atoms with E-state index in [0.717, 1.165) is 28.8 Å². The summed E-state index contributed by atoms with van der Waals surface area (Å²) >= 11 is 0. The lowest BCUT2D eigenvalue weighted by atomic mass is 9.93. The monoisotopic (exact) mass is 571 g/mol. The van der Waals surface area contributed by atoms with Crippen LogP contribution in [0.2, 0.25) is 0 Å². The maximum atomic E-state index is 13.8. The summed E-state index contributed by atoms with van der Waals surface area (Å²) in [5, 5.41) is 10.9. The number of benzene rings is 1. The van der Waals surface area contributed by atoms with Gasteiger partial charge >= 0.3 is 0 Å². The molecule has 0 spiro atoms. The molecule has 0 unspecified atom stereocenters. The fraction of sp³-hybridized carbons (Fsp3) is 0.314. The minimum atomic E-state index is -0.281. The second kappa shape index (κ2) is 16.3. The highest BCUT2D eigenvalue weighted by molar-refractivity contribution is 5.95. The second-order valence-corrected chi connectivity index (χ2v) is 10.3. The zero-order valence-electron chi connectivity index (χ0n) is 26.3. The summed E-state index contributed by atoms with van der Waals surface area (Å²) in [5.41, 5.74) is 6.05. The van der Waals surface area contributed by atoms with E-state index in [9.17, 15) is 9.18 Å². The summed E-state index contributed by atoms with van der Waals surface area (Å²) in [6.07, 6.45) is 12.6. The van der Waals surface area contributed by atoms with Gasteiger partial charge in [0.25, 0.3) is 0 Å². The smallest absolute Gasteiger partial charge is 0.154 e. The number of carbonyl (C=O) groups excluding carboxylic acids is 1. The van der Waals surface area contributed by atoms with Crippen molar-refractivity contribution in [2.75, 3.05) is 26.0 Å². The predicted molar refractivity (Wildman–Crippen MR) is 176 cm³/mol. The minimum absolute atomic E-state index is 0.281. The van der Waals surface area contributed by atoms with Gasteiger partial charge in [0.05, 0.1) is 16.6 Å². The molecule has 0 saturated heterocycles. The molecule has 2 N–H and O–H groups in total. The third-order valence-corrected chi connectivity index (χ3v) is 6.57. The highest BCUT2D eigenvalue weighted by atomic mass is 19.1. The molecule has 3 aromatic rings. The van der Waals surface area contributed by atoms with Crippen LogP contribution in [0.25, 0.3) is 11.1 Å². The molecule has 2 aromatic heterocycles. The van der Waals surface area contributed by atoms with E-state index in [1.54, 1.807) is 16.7 Å². The Bertz CT molecular complexity index is 1460. The first-order valence-corrected chi connectivity index (χ1v) is 14.4. The van der Waals surface area contributed by atoms with Crippen molar-refractivity contribution in [3.05, 3.63) is 120 Å². The quantitative estimate of drug-likeness (QED) is 0.212. The van der Waals surface area contributed by atoms with Gasteiger partial charge in [0, 0.05) is 30.8 Å². The molecule has 1 aromatic carbocycles. The molecule has 7 heteroatoms. The van der Waals surface area contributed by atoms with E-state index in [-0.39, 0.29) is 11.4 Å². The Labute approximate surface area is 251 Å². The molecule has 0 amide bonds. The molecular weight excluding hydrogens is 525 g/mol. The van der Waals surface area contributed by atoms with Gasteiger partial charge in [-0.05, 0) is 88.7 Å². The highest BCUT2D eigenvalue weighted by Crippen LogP contribution is 2.28. The van der Waals surface area contributed by atoms with Gasteiger partial charge in [-0.25, -0.2) is 8.91 Å². The van der Waals surface area contributed by atoms with Crippen LogP contribution in [0.5, 0.6) is 0 Å². The zero-order chi connectivity index (χ0) is 31.3. The van der Waals surface area contributed by atoms with Crippen LogP contribution < -0.4 is 15.5 Å². The number of carbonyl (C=O) groups is 1. The third kappa shape index (κ3) is 8.88. The molecular formula is C35H46FN5O. The first-order chi connectivity index (χ1) is 20.1. The lowest BCUT2D eigenvalue weighted by Crippen LogP contribution is -2.36. The largest absolute Gasteiger partial charge is 0.376 e. The third-order valence-electron chi connectivity index (χ3n) is 6.57. The Hall–Kier alpha value is -4.23. The molecule has 0 fully saturated rings. The standard InChI is InChI=1S/C31H33FN4O.C2H7N.C2H6/c1-22(23(2)33-31(3,4)25-12-7-6-8-13-25)20-35(5)27-17-18-36-29(19-27)28(21-37)30(34-36)24-11-9-10-14-26(32)16-15-24;1-3-2;1-2/h6-8,11-21,33H,2,9-10H2,1,3-5H3;3H,1-2H3;1-2H3/b16-15?,22-20+,24-11+,26-14?;;. The van der Waals surface area contributed by atoms with Gasteiger partial charge < -0.3 is 15.5 Å². The van der Waals surface area contributed by atoms with Crippen LogP contribution in [0.15, 0.2) is 103 Å². The average Bonchev–Trinajstić information content (AvgIpc) is 3.34. The maximum absolute atomic E-state index is 13.8. The lowest BCUT2D eigenvalue weighted by molar-refractivity contribution is 0.112. The van der Waals surface area contributed by atoms with Gasteiger partial charge in [-0.1, -0.05) is 62.9 Å². The van der Waals surface area contributed by atoms with Crippen LogP contribution in [0.3, 0.4) is 0 Å². The fourth-order valence-corrected chi connectivity index (χ4v) is 4.39. The van der Waals surface area contributed by atoms with Crippen LogP contribution in [-0.4, -0.2) is 37.0 Å².